The van der Waals surface area contributed by atoms with Crippen LogP contribution in [0.1, 0.15) is 23.0 Å². The van der Waals surface area contributed by atoms with Crippen molar-refractivity contribution in [1.82, 2.24) is 15.2 Å². The Morgan fingerprint density at radius 3 is 3.12 bits per heavy atom. The summed E-state index contributed by atoms with van der Waals surface area (Å²) in [7, 11) is 0. The van der Waals surface area contributed by atoms with E-state index in [-0.39, 0.29) is 11.6 Å². The van der Waals surface area contributed by atoms with Crippen LogP contribution < -0.4 is 11.1 Å². The largest absolute Gasteiger partial charge is 0.397 e. The number of carbonyl (C=O) groups excluding carboxylic acids is 1. The lowest BCUT2D eigenvalue weighted by atomic mass is 10.2. The number of aromatic nitrogens is 3. The summed E-state index contributed by atoms with van der Waals surface area (Å²) in [5, 5.41) is 9.30. The van der Waals surface area contributed by atoms with Gasteiger partial charge in [-0.3, -0.25) is 9.89 Å². The Labute approximate surface area is 98.3 Å². The first-order valence-electron chi connectivity index (χ1n) is 5.26. The number of H-pyrrole nitrogens is 1. The fourth-order valence-electron chi connectivity index (χ4n) is 1.47. The molecule has 4 N–H and O–H groups in total. The first-order chi connectivity index (χ1) is 8.22. The van der Waals surface area contributed by atoms with Crippen LogP contribution in [0.4, 0.5) is 11.5 Å². The van der Waals surface area contributed by atoms with Gasteiger partial charge in [0.1, 0.15) is 5.82 Å². The van der Waals surface area contributed by atoms with Crippen molar-refractivity contribution in [3.8, 4) is 0 Å². The predicted molar refractivity (Wildman–Crippen MR) is 64.6 cm³/mol. The molecule has 0 bridgehead atoms. The molecule has 2 rings (SSSR count). The summed E-state index contributed by atoms with van der Waals surface area (Å²) in [6, 6.07) is 3.31. The van der Waals surface area contributed by atoms with Crippen molar-refractivity contribution in [1.29, 1.82) is 0 Å². The number of nitrogens with two attached hydrogens (primary N) is 1. The number of amides is 1. The molecule has 0 aliphatic heterocycles. The second-order valence-electron chi connectivity index (χ2n) is 3.52. The fourth-order valence-corrected chi connectivity index (χ4v) is 1.47. The smallest absolute Gasteiger partial charge is 0.277 e. The van der Waals surface area contributed by atoms with Crippen LogP contribution in [-0.2, 0) is 6.42 Å². The van der Waals surface area contributed by atoms with Crippen LogP contribution in [0.5, 0.6) is 0 Å². The zero-order chi connectivity index (χ0) is 12.3. The number of hydrogen-bond donors (Lipinski definition) is 3. The molecule has 0 saturated carbocycles. The van der Waals surface area contributed by atoms with Gasteiger partial charge in [0.15, 0.2) is 5.69 Å². The standard InChI is InChI=1S/C11H13N5O/c1-2-7-6-14-16-10(7)15-11(17)9-8(12)4-3-5-13-9/h3-6H,2,12H2,1H3,(H2,14,15,16,17). The molecule has 6 heteroatoms. The lowest BCUT2D eigenvalue weighted by Gasteiger charge is -2.05. The average Bonchev–Trinajstić information content (AvgIpc) is 2.76. The van der Waals surface area contributed by atoms with Crippen LogP contribution in [0.2, 0.25) is 0 Å². The van der Waals surface area contributed by atoms with Crippen molar-refractivity contribution in [2.24, 2.45) is 0 Å². The molecular formula is C11H13N5O. The third-order valence-corrected chi connectivity index (χ3v) is 2.39. The van der Waals surface area contributed by atoms with E-state index in [1.165, 1.54) is 6.20 Å². The quantitative estimate of drug-likeness (QED) is 0.739. The number of anilines is 2. The van der Waals surface area contributed by atoms with Gasteiger partial charge in [-0.25, -0.2) is 4.98 Å². The Morgan fingerprint density at radius 1 is 1.59 bits per heavy atom. The second kappa shape index (κ2) is 4.65. The summed E-state index contributed by atoms with van der Waals surface area (Å²) in [5.41, 5.74) is 7.17. The number of aromatic amines is 1. The maximum atomic E-state index is 11.9. The van der Waals surface area contributed by atoms with E-state index < -0.39 is 0 Å². The molecule has 0 aromatic carbocycles. The molecule has 0 aliphatic carbocycles. The highest BCUT2D eigenvalue weighted by atomic mass is 16.2. The Bertz CT molecular complexity index is 534. The van der Waals surface area contributed by atoms with Crippen molar-refractivity contribution in [2.75, 3.05) is 11.1 Å². The van der Waals surface area contributed by atoms with Gasteiger partial charge in [0, 0.05) is 11.8 Å². The highest BCUT2D eigenvalue weighted by Gasteiger charge is 2.13. The summed E-state index contributed by atoms with van der Waals surface area (Å²) in [5.74, 6) is 0.240. The predicted octanol–water partition coefficient (Wildman–Crippen LogP) is 1.20. The number of rotatable bonds is 3. The van der Waals surface area contributed by atoms with E-state index >= 15 is 0 Å². The molecule has 0 spiro atoms. The molecule has 88 valence electrons. The van der Waals surface area contributed by atoms with E-state index in [0.717, 1.165) is 12.0 Å². The molecule has 2 heterocycles. The highest BCUT2D eigenvalue weighted by molar-refractivity contribution is 6.05. The molecule has 0 aliphatic rings. The van der Waals surface area contributed by atoms with Gasteiger partial charge in [-0.15, -0.1) is 0 Å². The molecule has 0 saturated heterocycles. The normalized spacial score (nSPS) is 10.2. The monoisotopic (exact) mass is 231 g/mol. The molecule has 1 amide bonds. The van der Waals surface area contributed by atoms with Crippen molar-refractivity contribution in [3.63, 3.8) is 0 Å². The molecule has 2 aromatic heterocycles. The van der Waals surface area contributed by atoms with Gasteiger partial charge in [-0.05, 0) is 18.6 Å². The summed E-state index contributed by atoms with van der Waals surface area (Å²) in [6.45, 7) is 1.98. The zero-order valence-corrected chi connectivity index (χ0v) is 9.40. The number of hydrogen-bond acceptors (Lipinski definition) is 4. The minimum atomic E-state index is -0.345. The minimum Gasteiger partial charge on any atom is -0.397 e. The van der Waals surface area contributed by atoms with E-state index in [2.05, 4.69) is 20.5 Å². The van der Waals surface area contributed by atoms with Crippen LogP contribution in [0.25, 0.3) is 0 Å². The second-order valence-corrected chi connectivity index (χ2v) is 3.52. The van der Waals surface area contributed by atoms with Crippen LogP contribution >= 0.6 is 0 Å². The third-order valence-electron chi connectivity index (χ3n) is 2.39. The number of nitrogens with one attached hydrogen (secondary N) is 2. The third kappa shape index (κ3) is 2.25. The lowest BCUT2D eigenvalue weighted by Crippen LogP contribution is -2.16. The number of nitrogen functional groups attached to an aromatic ring is 1. The average molecular weight is 231 g/mol. The van der Waals surface area contributed by atoms with Crippen LogP contribution in [0.3, 0.4) is 0 Å². The van der Waals surface area contributed by atoms with E-state index in [1.807, 2.05) is 6.92 Å². The van der Waals surface area contributed by atoms with E-state index in [9.17, 15) is 4.79 Å². The van der Waals surface area contributed by atoms with Crippen LogP contribution in [-0.4, -0.2) is 21.1 Å². The van der Waals surface area contributed by atoms with Crippen LogP contribution in [0, 0.1) is 0 Å². The minimum absolute atomic E-state index is 0.212. The molecule has 17 heavy (non-hydrogen) atoms. The molecule has 0 radical (unpaired) electrons. The summed E-state index contributed by atoms with van der Waals surface area (Å²) in [6.07, 6.45) is 3.99. The van der Waals surface area contributed by atoms with Gasteiger partial charge in [-0.2, -0.15) is 5.10 Å². The molecule has 2 aromatic rings. The highest BCUT2D eigenvalue weighted by Crippen LogP contribution is 2.14. The maximum absolute atomic E-state index is 11.9. The first kappa shape index (κ1) is 11.1. The Kier molecular flexibility index (Phi) is 3.04. The van der Waals surface area contributed by atoms with Crippen molar-refractivity contribution >= 4 is 17.4 Å². The summed E-state index contributed by atoms with van der Waals surface area (Å²) >= 11 is 0. The summed E-state index contributed by atoms with van der Waals surface area (Å²) < 4.78 is 0. The molecule has 0 unspecified atom stereocenters. The van der Waals surface area contributed by atoms with Gasteiger partial charge in [0.25, 0.3) is 5.91 Å². The number of nitrogens with zero attached hydrogens (tertiary/aromatic N) is 2. The Balaban J connectivity index is 2.20. The van der Waals surface area contributed by atoms with Gasteiger partial charge >= 0.3 is 0 Å². The van der Waals surface area contributed by atoms with Gasteiger partial charge in [-0.1, -0.05) is 6.92 Å². The van der Waals surface area contributed by atoms with Crippen molar-refractivity contribution in [2.45, 2.75) is 13.3 Å². The summed E-state index contributed by atoms with van der Waals surface area (Å²) in [4.78, 5) is 15.8. The molecule has 6 nitrogen and oxygen atoms in total. The zero-order valence-electron chi connectivity index (χ0n) is 9.40. The SMILES string of the molecule is CCc1cn[nH]c1NC(=O)c1ncccc1N. The number of pyridine rings is 1. The van der Waals surface area contributed by atoms with Gasteiger partial charge in [0.05, 0.1) is 11.9 Å². The Morgan fingerprint density at radius 2 is 2.41 bits per heavy atom. The van der Waals surface area contributed by atoms with Crippen molar-refractivity contribution < 1.29 is 4.79 Å². The van der Waals surface area contributed by atoms with Gasteiger partial charge < -0.3 is 11.1 Å². The van der Waals surface area contributed by atoms with Crippen LogP contribution in [0.15, 0.2) is 24.5 Å². The van der Waals surface area contributed by atoms with E-state index in [1.54, 1.807) is 18.3 Å². The Hall–Kier alpha value is -2.37. The first-order valence-corrected chi connectivity index (χ1v) is 5.26. The molecule has 0 fully saturated rings. The lowest BCUT2D eigenvalue weighted by molar-refractivity contribution is 0.102. The number of carbonyl (C=O) groups is 1. The van der Waals surface area contributed by atoms with Crippen molar-refractivity contribution in [3.05, 3.63) is 35.8 Å². The fraction of sp³-hybridized carbons (Fsp3) is 0.182. The van der Waals surface area contributed by atoms with Gasteiger partial charge in [0.2, 0.25) is 0 Å². The molecule has 0 atom stereocenters. The van der Waals surface area contributed by atoms with E-state index in [0.29, 0.717) is 11.5 Å². The maximum Gasteiger partial charge on any atom is 0.277 e. The van der Waals surface area contributed by atoms with E-state index in [4.69, 9.17) is 5.73 Å². The topological polar surface area (TPSA) is 96.7 Å². The number of aryl methyl sites for hydroxylation is 1. The molecular weight excluding hydrogens is 218 g/mol.